The summed E-state index contributed by atoms with van der Waals surface area (Å²) in [5, 5.41) is 27.7. The van der Waals surface area contributed by atoms with Gasteiger partial charge in [-0.3, -0.25) is 0 Å². The number of hydrogen-bond donors (Lipinski definition) is 2. The molecular weight excluding hydrogens is 316 g/mol. The predicted octanol–water partition coefficient (Wildman–Crippen LogP) is 3.44. The van der Waals surface area contributed by atoms with E-state index in [0.717, 1.165) is 16.6 Å². The number of fused-ring (bicyclic) bond motifs is 1. The van der Waals surface area contributed by atoms with Gasteiger partial charge in [0.15, 0.2) is 5.82 Å². The number of para-hydroxylation sites is 1. The van der Waals surface area contributed by atoms with Gasteiger partial charge in [-0.25, -0.2) is 4.98 Å². The molecule has 1 heterocycles. The molecule has 0 amide bonds. The predicted molar refractivity (Wildman–Crippen MR) is 98.7 cm³/mol. The van der Waals surface area contributed by atoms with Crippen molar-refractivity contribution in [3.05, 3.63) is 60.7 Å². The summed E-state index contributed by atoms with van der Waals surface area (Å²) in [5.74, 6) is 0.560. The van der Waals surface area contributed by atoms with Gasteiger partial charge in [-0.05, 0) is 42.5 Å². The molecule has 0 bridgehead atoms. The Morgan fingerprint density at radius 1 is 0.800 bits per heavy atom. The molecule has 25 heavy (non-hydrogen) atoms. The van der Waals surface area contributed by atoms with Gasteiger partial charge in [-0.2, -0.15) is 0 Å². The van der Waals surface area contributed by atoms with Crippen molar-refractivity contribution in [2.45, 2.75) is 0 Å². The molecule has 0 aliphatic rings. The van der Waals surface area contributed by atoms with Gasteiger partial charge in [0.25, 0.3) is 0 Å². The van der Waals surface area contributed by atoms with E-state index in [0.29, 0.717) is 24.6 Å². The number of anilines is 1. The van der Waals surface area contributed by atoms with E-state index in [2.05, 4.69) is 15.2 Å². The molecule has 0 atom stereocenters. The van der Waals surface area contributed by atoms with Crippen molar-refractivity contribution in [1.82, 2.24) is 4.98 Å². The summed E-state index contributed by atoms with van der Waals surface area (Å²) in [4.78, 5) is 6.37. The molecule has 0 saturated heterocycles. The average Bonchev–Trinajstić information content (AvgIpc) is 2.66. The molecule has 3 aromatic rings. The molecule has 0 fully saturated rings. The van der Waals surface area contributed by atoms with Crippen molar-refractivity contribution >= 4 is 28.1 Å². The van der Waals surface area contributed by atoms with Crippen LogP contribution >= 0.6 is 0 Å². The first-order chi connectivity index (χ1) is 12.3. The van der Waals surface area contributed by atoms with Crippen LogP contribution in [0.25, 0.3) is 10.9 Å². The molecule has 0 radical (unpaired) electrons. The van der Waals surface area contributed by atoms with E-state index in [1.807, 2.05) is 65.6 Å². The Labute approximate surface area is 146 Å². The highest BCUT2D eigenvalue weighted by atomic mass is 16.3. The SMILES string of the molecule is OCCN(CCO)c1ccc(N=Nc2ccc3ccccc3n2)cc1. The van der Waals surface area contributed by atoms with Crippen LogP contribution in [0.15, 0.2) is 70.9 Å². The molecule has 1 aromatic heterocycles. The second kappa shape index (κ2) is 8.32. The minimum absolute atomic E-state index is 0.0368. The van der Waals surface area contributed by atoms with E-state index in [4.69, 9.17) is 10.2 Å². The molecule has 0 aliphatic heterocycles. The van der Waals surface area contributed by atoms with Crippen LogP contribution in [0.1, 0.15) is 0 Å². The summed E-state index contributed by atoms with van der Waals surface area (Å²) in [6, 6.07) is 19.2. The van der Waals surface area contributed by atoms with Crippen LogP contribution in [0.5, 0.6) is 0 Å². The topological polar surface area (TPSA) is 81.3 Å². The lowest BCUT2D eigenvalue weighted by atomic mass is 10.2. The maximum absolute atomic E-state index is 9.10. The minimum atomic E-state index is 0.0368. The van der Waals surface area contributed by atoms with Crippen LogP contribution in [-0.4, -0.2) is 41.5 Å². The maximum Gasteiger partial charge on any atom is 0.174 e. The third-order valence-electron chi connectivity index (χ3n) is 3.81. The lowest BCUT2D eigenvalue weighted by Gasteiger charge is -2.22. The molecule has 6 nitrogen and oxygen atoms in total. The van der Waals surface area contributed by atoms with Gasteiger partial charge in [0.05, 0.1) is 24.4 Å². The van der Waals surface area contributed by atoms with Crippen LogP contribution in [0.3, 0.4) is 0 Å². The quantitative estimate of drug-likeness (QED) is 0.648. The van der Waals surface area contributed by atoms with E-state index in [9.17, 15) is 0 Å². The van der Waals surface area contributed by atoms with Gasteiger partial charge >= 0.3 is 0 Å². The fourth-order valence-corrected chi connectivity index (χ4v) is 2.56. The highest BCUT2D eigenvalue weighted by Crippen LogP contribution is 2.22. The summed E-state index contributed by atoms with van der Waals surface area (Å²) in [6.07, 6.45) is 0. The van der Waals surface area contributed by atoms with E-state index < -0.39 is 0 Å². The summed E-state index contributed by atoms with van der Waals surface area (Å²) in [7, 11) is 0. The lowest BCUT2D eigenvalue weighted by molar-refractivity contribution is 0.281. The molecule has 6 heteroatoms. The summed E-state index contributed by atoms with van der Waals surface area (Å²) < 4.78 is 0. The molecule has 0 unspecified atom stereocenters. The Kier molecular flexibility index (Phi) is 5.66. The number of aromatic nitrogens is 1. The van der Waals surface area contributed by atoms with E-state index in [-0.39, 0.29) is 13.2 Å². The number of azo groups is 1. The zero-order valence-electron chi connectivity index (χ0n) is 13.8. The first kappa shape index (κ1) is 17.0. The van der Waals surface area contributed by atoms with Gasteiger partial charge in [-0.1, -0.05) is 18.2 Å². The van der Waals surface area contributed by atoms with Crippen molar-refractivity contribution < 1.29 is 10.2 Å². The third-order valence-corrected chi connectivity index (χ3v) is 3.81. The van der Waals surface area contributed by atoms with Gasteiger partial charge in [0.1, 0.15) is 0 Å². The normalized spacial score (nSPS) is 11.3. The van der Waals surface area contributed by atoms with Crippen molar-refractivity contribution in [3.8, 4) is 0 Å². The highest BCUT2D eigenvalue weighted by Gasteiger charge is 2.05. The molecule has 0 saturated carbocycles. The molecule has 0 spiro atoms. The van der Waals surface area contributed by atoms with Crippen molar-refractivity contribution in [2.24, 2.45) is 10.2 Å². The molecule has 128 valence electrons. The fourth-order valence-electron chi connectivity index (χ4n) is 2.56. The van der Waals surface area contributed by atoms with E-state index in [1.54, 1.807) is 0 Å². The number of aliphatic hydroxyl groups is 2. The Bertz CT molecular complexity index is 843. The monoisotopic (exact) mass is 336 g/mol. The Hall–Kier alpha value is -2.83. The first-order valence-corrected chi connectivity index (χ1v) is 8.14. The van der Waals surface area contributed by atoms with Gasteiger partial charge in [-0.15, -0.1) is 10.2 Å². The zero-order valence-corrected chi connectivity index (χ0v) is 13.8. The van der Waals surface area contributed by atoms with E-state index >= 15 is 0 Å². The molecule has 2 aromatic carbocycles. The van der Waals surface area contributed by atoms with Crippen LogP contribution in [0.4, 0.5) is 17.2 Å². The standard InChI is InChI=1S/C19H20N4O2/c24-13-11-23(12-14-25)17-8-6-16(7-9-17)21-22-19-10-5-15-3-1-2-4-18(15)20-19/h1-10,24-25H,11-14H2. The molecule has 0 aliphatic carbocycles. The van der Waals surface area contributed by atoms with Crippen molar-refractivity contribution in [2.75, 3.05) is 31.2 Å². The van der Waals surface area contributed by atoms with Crippen molar-refractivity contribution in [1.29, 1.82) is 0 Å². The van der Waals surface area contributed by atoms with Crippen molar-refractivity contribution in [3.63, 3.8) is 0 Å². The zero-order chi connectivity index (χ0) is 17.5. The lowest BCUT2D eigenvalue weighted by Crippen LogP contribution is -2.29. The fraction of sp³-hybridized carbons (Fsp3) is 0.211. The number of nitrogens with zero attached hydrogens (tertiary/aromatic N) is 4. The van der Waals surface area contributed by atoms with Crippen LogP contribution in [0, 0.1) is 0 Å². The number of aliphatic hydroxyl groups excluding tert-OH is 2. The van der Waals surface area contributed by atoms with Crippen LogP contribution in [-0.2, 0) is 0 Å². The molecular formula is C19H20N4O2. The number of pyridine rings is 1. The summed E-state index contributed by atoms with van der Waals surface area (Å²) in [6.45, 7) is 1.02. The Morgan fingerprint density at radius 3 is 2.24 bits per heavy atom. The van der Waals surface area contributed by atoms with E-state index in [1.165, 1.54) is 0 Å². The van der Waals surface area contributed by atoms with Crippen LogP contribution in [0.2, 0.25) is 0 Å². The number of benzene rings is 2. The highest BCUT2D eigenvalue weighted by molar-refractivity contribution is 5.79. The Morgan fingerprint density at radius 2 is 1.52 bits per heavy atom. The Balaban J connectivity index is 1.74. The maximum atomic E-state index is 9.10. The van der Waals surface area contributed by atoms with Gasteiger partial charge in [0, 0.05) is 24.2 Å². The molecule has 3 rings (SSSR count). The molecule has 2 N–H and O–H groups in total. The smallest absolute Gasteiger partial charge is 0.174 e. The number of rotatable bonds is 7. The third kappa shape index (κ3) is 4.37. The summed E-state index contributed by atoms with van der Waals surface area (Å²) in [5.41, 5.74) is 2.52. The minimum Gasteiger partial charge on any atom is -0.395 e. The largest absolute Gasteiger partial charge is 0.395 e. The van der Waals surface area contributed by atoms with Gasteiger partial charge in [0.2, 0.25) is 0 Å². The summed E-state index contributed by atoms with van der Waals surface area (Å²) >= 11 is 0. The number of hydrogen-bond acceptors (Lipinski definition) is 6. The second-order valence-corrected chi connectivity index (χ2v) is 5.51. The first-order valence-electron chi connectivity index (χ1n) is 8.14. The van der Waals surface area contributed by atoms with Gasteiger partial charge < -0.3 is 15.1 Å². The second-order valence-electron chi connectivity index (χ2n) is 5.51. The average molecular weight is 336 g/mol. The van der Waals surface area contributed by atoms with Crippen LogP contribution < -0.4 is 4.90 Å².